The number of hydrogen-bond acceptors (Lipinski definition) is 1. The Labute approximate surface area is 130 Å². The summed E-state index contributed by atoms with van der Waals surface area (Å²) in [6.45, 7) is 0. The molecular weight excluding hydrogens is 270 g/mol. The summed E-state index contributed by atoms with van der Waals surface area (Å²) in [5.74, 6) is -0.00624. The topological polar surface area (TPSA) is 29.1 Å². The van der Waals surface area contributed by atoms with Crippen LogP contribution < -0.4 is 5.32 Å². The van der Waals surface area contributed by atoms with Crippen molar-refractivity contribution in [2.45, 2.75) is 6.42 Å². The molecule has 0 saturated heterocycles. The first-order valence-corrected chi connectivity index (χ1v) is 7.21. The first-order chi connectivity index (χ1) is 10.8. The van der Waals surface area contributed by atoms with Crippen molar-refractivity contribution < 1.29 is 4.79 Å². The van der Waals surface area contributed by atoms with Crippen LogP contribution in [0.15, 0.2) is 78.9 Å². The Hall–Kier alpha value is -2.87. The van der Waals surface area contributed by atoms with Gasteiger partial charge in [-0.25, -0.2) is 0 Å². The van der Waals surface area contributed by atoms with Crippen LogP contribution in [0, 0.1) is 6.07 Å². The van der Waals surface area contributed by atoms with Crippen LogP contribution in [0.1, 0.15) is 5.56 Å². The first-order valence-electron chi connectivity index (χ1n) is 7.21. The summed E-state index contributed by atoms with van der Waals surface area (Å²) in [5, 5.41) is 2.89. The molecule has 3 rings (SSSR count). The minimum Gasteiger partial charge on any atom is -0.326 e. The number of benzene rings is 3. The molecule has 1 radical (unpaired) electrons. The predicted octanol–water partition coefficient (Wildman–Crippen LogP) is 4.33. The minimum atomic E-state index is -0.00624. The van der Waals surface area contributed by atoms with E-state index >= 15 is 0 Å². The van der Waals surface area contributed by atoms with E-state index in [1.165, 1.54) is 0 Å². The Morgan fingerprint density at radius 3 is 2.14 bits per heavy atom. The maximum Gasteiger partial charge on any atom is 0.228 e. The van der Waals surface area contributed by atoms with Crippen molar-refractivity contribution in [2.24, 2.45) is 0 Å². The summed E-state index contributed by atoms with van der Waals surface area (Å²) in [4.78, 5) is 12.0. The van der Waals surface area contributed by atoms with E-state index in [0.717, 1.165) is 22.4 Å². The van der Waals surface area contributed by atoms with Gasteiger partial charge in [-0.2, -0.15) is 0 Å². The molecule has 3 aromatic rings. The van der Waals surface area contributed by atoms with Gasteiger partial charge < -0.3 is 5.32 Å². The van der Waals surface area contributed by atoms with Gasteiger partial charge in [-0.15, -0.1) is 0 Å². The molecule has 0 saturated carbocycles. The molecule has 0 aliphatic heterocycles. The normalized spacial score (nSPS) is 10.2. The number of para-hydroxylation sites is 1. The van der Waals surface area contributed by atoms with E-state index in [1.807, 2.05) is 78.9 Å². The quantitative estimate of drug-likeness (QED) is 0.759. The zero-order chi connectivity index (χ0) is 15.2. The van der Waals surface area contributed by atoms with Crippen LogP contribution in [-0.2, 0) is 11.2 Å². The molecule has 22 heavy (non-hydrogen) atoms. The average Bonchev–Trinajstić information content (AvgIpc) is 2.57. The van der Waals surface area contributed by atoms with Crippen LogP contribution in [0.3, 0.4) is 0 Å². The van der Waals surface area contributed by atoms with E-state index in [1.54, 1.807) is 0 Å². The molecular formula is C20H16NO. The highest BCUT2D eigenvalue weighted by molar-refractivity contribution is 5.92. The van der Waals surface area contributed by atoms with Crippen molar-refractivity contribution in [3.05, 3.63) is 90.5 Å². The van der Waals surface area contributed by atoms with Crippen molar-refractivity contribution in [2.75, 3.05) is 5.32 Å². The van der Waals surface area contributed by atoms with Crippen molar-refractivity contribution in [3.8, 4) is 11.1 Å². The predicted molar refractivity (Wildman–Crippen MR) is 89.5 cm³/mol. The number of carbonyl (C=O) groups excluding carboxylic acids is 1. The maximum absolute atomic E-state index is 12.0. The van der Waals surface area contributed by atoms with Gasteiger partial charge in [0.2, 0.25) is 5.91 Å². The van der Waals surface area contributed by atoms with E-state index in [2.05, 4.69) is 11.4 Å². The lowest BCUT2D eigenvalue weighted by Gasteiger charge is -2.06. The fourth-order valence-corrected chi connectivity index (χ4v) is 2.31. The smallest absolute Gasteiger partial charge is 0.228 e. The molecule has 0 atom stereocenters. The number of anilines is 1. The number of hydrogen-bond donors (Lipinski definition) is 1. The molecule has 0 heterocycles. The highest BCUT2D eigenvalue weighted by atomic mass is 16.1. The van der Waals surface area contributed by atoms with Gasteiger partial charge in [0.1, 0.15) is 0 Å². The second-order valence-electron chi connectivity index (χ2n) is 5.08. The molecule has 0 fully saturated rings. The number of carbonyl (C=O) groups is 1. The number of amides is 1. The fraction of sp³-hybridized carbons (Fsp3) is 0.0500. The third-order valence-corrected chi connectivity index (χ3v) is 3.43. The van der Waals surface area contributed by atoms with Crippen LogP contribution in [0.2, 0.25) is 0 Å². The lowest BCUT2D eigenvalue weighted by Crippen LogP contribution is -2.14. The summed E-state index contributed by atoms with van der Waals surface area (Å²) < 4.78 is 0. The largest absolute Gasteiger partial charge is 0.326 e. The molecule has 0 aliphatic carbocycles. The van der Waals surface area contributed by atoms with Gasteiger partial charge >= 0.3 is 0 Å². The van der Waals surface area contributed by atoms with E-state index in [-0.39, 0.29) is 5.91 Å². The molecule has 0 aromatic heterocycles. The average molecular weight is 286 g/mol. The van der Waals surface area contributed by atoms with Gasteiger partial charge in [-0.1, -0.05) is 66.7 Å². The third kappa shape index (κ3) is 3.61. The molecule has 0 bridgehead atoms. The van der Waals surface area contributed by atoms with Crippen LogP contribution >= 0.6 is 0 Å². The Balaban J connectivity index is 1.65. The van der Waals surface area contributed by atoms with Crippen LogP contribution in [0.4, 0.5) is 5.69 Å². The van der Waals surface area contributed by atoms with Crippen molar-refractivity contribution >= 4 is 11.6 Å². The van der Waals surface area contributed by atoms with Crippen LogP contribution in [0.5, 0.6) is 0 Å². The van der Waals surface area contributed by atoms with Gasteiger partial charge in [0.05, 0.1) is 6.42 Å². The molecule has 1 N–H and O–H groups in total. The molecule has 2 heteroatoms. The lowest BCUT2D eigenvalue weighted by molar-refractivity contribution is -0.115. The highest BCUT2D eigenvalue weighted by Crippen LogP contribution is 2.19. The van der Waals surface area contributed by atoms with Crippen LogP contribution in [0.25, 0.3) is 11.1 Å². The zero-order valence-electron chi connectivity index (χ0n) is 12.1. The molecule has 1 amide bonds. The number of rotatable bonds is 4. The van der Waals surface area contributed by atoms with Gasteiger partial charge in [0, 0.05) is 5.69 Å². The summed E-state index contributed by atoms with van der Waals surface area (Å²) >= 11 is 0. The summed E-state index contributed by atoms with van der Waals surface area (Å²) in [6, 6.07) is 28.4. The van der Waals surface area contributed by atoms with Gasteiger partial charge in [-0.3, -0.25) is 4.79 Å². The van der Waals surface area contributed by atoms with E-state index in [4.69, 9.17) is 0 Å². The second-order valence-corrected chi connectivity index (χ2v) is 5.08. The molecule has 0 unspecified atom stereocenters. The Morgan fingerprint density at radius 1 is 0.818 bits per heavy atom. The second kappa shape index (κ2) is 6.72. The highest BCUT2D eigenvalue weighted by Gasteiger charge is 2.04. The Morgan fingerprint density at radius 2 is 1.45 bits per heavy atom. The SMILES string of the molecule is O=C(Cc1ccc(-c2cc[c]cc2)cc1)Nc1ccccc1. The molecule has 0 aliphatic rings. The fourth-order valence-electron chi connectivity index (χ4n) is 2.31. The molecule has 0 spiro atoms. The summed E-state index contributed by atoms with van der Waals surface area (Å²) in [7, 11) is 0. The molecule has 107 valence electrons. The minimum absolute atomic E-state index is 0.00624. The maximum atomic E-state index is 12.0. The Kier molecular flexibility index (Phi) is 4.30. The monoisotopic (exact) mass is 286 g/mol. The Bertz CT molecular complexity index is 734. The van der Waals surface area contributed by atoms with Gasteiger partial charge in [0.15, 0.2) is 0 Å². The van der Waals surface area contributed by atoms with E-state index in [9.17, 15) is 4.79 Å². The van der Waals surface area contributed by atoms with Crippen molar-refractivity contribution in [1.29, 1.82) is 0 Å². The summed E-state index contributed by atoms with van der Waals surface area (Å²) in [6.07, 6.45) is 0.373. The van der Waals surface area contributed by atoms with Gasteiger partial charge in [-0.05, 0) is 34.9 Å². The standard InChI is InChI=1S/C20H16NO/c22-20(21-19-9-5-2-6-10-19)15-16-11-13-18(14-12-16)17-7-3-1-4-8-17/h2-14H,15H2,(H,21,22). The van der Waals surface area contributed by atoms with E-state index in [0.29, 0.717) is 6.42 Å². The first kappa shape index (κ1) is 14.1. The van der Waals surface area contributed by atoms with Crippen LogP contribution in [-0.4, -0.2) is 5.91 Å². The zero-order valence-corrected chi connectivity index (χ0v) is 12.1. The third-order valence-electron chi connectivity index (χ3n) is 3.43. The lowest BCUT2D eigenvalue weighted by atomic mass is 10.0. The van der Waals surface area contributed by atoms with Crippen molar-refractivity contribution in [3.63, 3.8) is 0 Å². The molecule has 2 nitrogen and oxygen atoms in total. The summed E-state index contributed by atoms with van der Waals surface area (Å²) in [5.41, 5.74) is 4.12. The molecule has 3 aromatic carbocycles. The number of nitrogens with one attached hydrogen (secondary N) is 1. The van der Waals surface area contributed by atoms with E-state index < -0.39 is 0 Å². The van der Waals surface area contributed by atoms with Crippen molar-refractivity contribution in [1.82, 2.24) is 0 Å². The van der Waals surface area contributed by atoms with Gasteiger partial charge in [0.25, 0.3) is 0 Å².